The standard InChI is InChI=1S/C13H23N3O3/c1-13(2,3)19-12(18)10-6-8-15-7-4-5-9(14)11(17)16(10)15/h9-10H,4-8,14H2,1-3H3/t9-,10-/m0/s1. The van der Waals surface area contributed by atoms with Crippen LogP contribution >= 0.6 is 0 Å². The summed E-state index contributed by atoms with van der Waals surface area (Å²) in [6, 6.07) is -1.02. The molecule has 2 rings (SSSR count). The van der Waals surface area contributed by atoms with Gasteiger partial charge >= 0.3 is 5.97 Å². The third kappa shape index (κ3) is 3.06. The SMILES string of the molecule is CC(C)(C)OC(=O)[C@@H]1CCN2CCC[C@H](N)C(=O)N12. The molecule has 2 aliphatic heterocycles. The Hall–Kier alpha value is -1.14. The average Bonchev–Trinajstić information content (AvgIpc) is 2.64. The van der Waals surface area contributed by atoms with Crippen molar-refractivity contribution in [3.05, 3.63) is 0 Å². The molecule has 108 valence electrons. The molecule has 2 fully saturated rings. The van der Waals surface area contributed by atoms with Crippen molar-refractivity contribution in [3.63, 3.8) is 0 Å². The van der Waals surface area contributed by atoms with Gasteiger partial charge in [-0.15, -0.1) is 0 Å². The molecule has 0 aromatic heterocycles. The highest BCUT2D eigenvalue weighted by Crippen LogP contribution is 2.25. The lowest BCUT2D eigenvalue weighted by Crippen LogP contribution is -2.53. The maximum absolute atomic E-state index is 12.3. The fraction of sp³-hybridized carbons (Fsp3) is 0.846. The monoisotopic (exact) mass is 269 g/mol. The van der Waals surface area contributed by atoms with E-state index in [1.54, 1.807) is 0 Å². The Morgan fingerprint density at radius 2 is 2.00 bits per heavy atom. The Morgan fingerprint density at radius 1 is 1.32 bits per heavy atom. The molecule has 0 saturated carbocycles. The van der Waals surface area contributed by atoms with Crippen LogP contribution in [0.15, 0.2) is 0 Å². The molecule has 2 atom stereocenters. The number of hydrogen-bond acceptors (Lipinski definition) is 5. The summed E-state index contributed by atoms with van der Waals surface area (Å²) in [7, 11) is 0. The lowest BCUT2D eigenvalue weighted by molar-refractivity contribution is -0.170. The van der Waals surface area contributed by atoms with Gasteiger partial charge in [-0.3, -0.25) is 9.80 Å². The highest BCUT2D eigenvalue weighted by molar-refractivity contribution is 5.87. The van der Waals surface area contributed by atoms with Gasteiger partial charge < -0.3 is 10.5 Å². The number of hydrogen-bond donors (Lipinski definition) is 1. The van der Waals surface area contributed by atoms with Crippen LogP contribution in [0.3, 0.4) is 0 Å². The van der Waals surface area contributed by atoms with Gasteiger partial charge in [0, 0.05) is 13.1 Å². The van der Waals surface area contributed by atoms with E-state index in [1.165, 1.54) is 5.01 Å². The second kappa shape index (κ2) is 5.09. The fourth-order valence-corrected chi connectivity index (χ4v) is 2.59. The van der Waals surface area contributed by atoms with Gasteiger partial charge in [0.1, 0.15) is 11.6 Å². The summed E-state index contributed by atoms with van der Waals surface area (Å²) in [6.45, 7) is 6.97. The molecule has 2 N–H and O–H groups in total. The van der Waals surface area contributed by atoms with Gasteiger partial charge in [-0.05, 0) is 40.0 Å². The van der Waals surface area contributed by atoms with Crippen LogP contribution in [0.25, 0.3) is 0 Å². The van der Waals surface area contributed by atoms with E-state index in [9.17, 15) is 9.59 Å². The minimum absolute atomic E-state index is 0.161. The number of ether oxygens (including phenoxy) is 1. The van der Waals surface area contributed by atoms with Crippen molar-refractivity contribution in [2.75, 3.05) is 13.1 Å². The first kappa shape index (κ1) is 14.3. The van der Waals surface area contributed by atoms with Crippen LogP contribution in [-0.4, -0.2) is 52.7 Å². The summed E-state index contributed by atoms with van der Waals surface area (Å²) in [6.07, 6.45) is 2.17. The van der Waals surface area contributed by atoms with Crippen molar-refractivity contribution in [2.45, 2.75) is 57.7 Å². The average molecular weight is 269 g/mol. The molecule has 0 spiro atoms. The minimum Gasteiger partial charge on any atom is -0.458 e. The van der Waals surface area contributed by atoms with Crippen molar-refractivity contribution >= 4 is 11.9 Å². The lowest BCUT2D eigenvalue weighted by atomic mass is 10.1. The summed E-state index contributed by atoms with van der Waals surface area (Å²) in [4.78, 5) is 24.5. The van der Waals surface area contributed by atoms with Crippen LogP contribution in [0, 0.1) is 0 Å². The number of amides is 1. The highest BCUT2D eigenvalue weighted by Gasteiger charge is 2.44. The van der Waals surface area contributed by atoms with E-state index in [2.05, 4.69) is 0 Å². The molecule has 2 saturated heterocycles. The zero-order valence-corrected chi connectivity index (χ0v) is 11.9. The molecule has 0 aliphatic carbocycles. The van der Waals surface area contributed by atoms with Crippen LogP contribution in [0.4, 0.5) is 0 Å². The van der Waals surface area contributed by atoms with Crippen molar-refractivity contribution in [1.29, 1.82) is 0 Å². The Kier molecular flexibility index (Phi) is 3.82. The van der Waals surface area contributed by atoms with E-state index in [1.807, 2.05) is 25.8 Å². The fourth-order valence-electron chi connectivity index (χ4n) is 2.59. The molecule has 6 heteroatoms. The van der Waals surface area contributed by atoms with E-state index in [0.717, 1.165) is 13.0 Å². The summed E-state index contributed by atoms with van der Waals surface area (Å²) >= 11 is 0. The van der Waals surface area contributed by atoms with E-state index in [0.29, 0.717) is 19.4 Å². The molecule has 19 heavy (non-hydrogen) atoms. The Bertz CT molecular complexity index is 378. The summed E-state index contributed by atoms with van der Waals surface area (Å²) in [5, 5.41) is 3.47. The molecule has 1 amide bonds. The molecule has 0 aromatic rings. The summed E-state index contributed by atoms with van der Waals surface area (Å²) in [5.74, 6) is -0.497. The first-order chi connectivity index (χ1) is 8.79. The van der Waals surface area contributed by atoms with Crippen LogP contribution in [0.1, 0.15) is 40.0 Å². The number of fused-ring (bicyclic) bond motifs is 1. The molecular weight excluding hydrogens is 246 g/mol. The van der Waals surface area contributed by atoms with E-state index < -0.39 is 17.7 Å². The Morgan fingerprint density at radius 3 is 2.63 bits per heavy atom. The first-order valence-electron chi connectivity index (χ1n) is 6.86. The Balaban J connectivity index is 2.14. The van der Waals surface area contributed by atoms with Crippen molar-refractivity contribution in [1.82, 2.24) is 10.0 Å². The normalized spacial score (nSPS) is 29.1. The number of esters is 1. The van der Waals surface area contributed by atoms with Crippen LogP contribution in [0.2, 0.25) is 0 Å². The van der Waals surface area contributed by atoms with Crippen LogP contribution in [-0.2, 0) is 14.3 Å². The zero-order valence-electron chi connectivity index (χ0n) is 11.9. The molecule has 2 heterocycles. The topological polar surface area (TPSA) is 75.9 Å². The maximum atomic E-state index is 12.3. The number of nitrogens with zero attached hydrogens (tertiary/aromatic N) is 2. The smallest absolute Gasteiger partial charge is 0.331 e. The zero-order chi connectivity index (χ0) is 14.2. The van der Waals surface area contributed by atoms with Gasteiger partial charge in [-0.25, -0.2) is 9.80 Å². The second-order valence-electron chi connectivity index (χ2n) is 6.22. The van der Waals surface area contributed by atoms with Crippen LogP contribution < -0.4 is 5.73 Å². The van der Waals surface area contributed by atoms with Crippen LogP contribution in [0.5, 0.6) is 0 Å². The number of hydrazine groups is 1. The van der Waals surface area contributed by atoms with Crippen molar-refractivity contribution < 1.29 is 14.3 Å². The largest absolute Gasteiger partial charge is 0.458 e. The van der Waals surface area contributed by atoms with E-state index >= 15 is 0 Å². The first-order valence-corrected chi connectivity index (χ1v) is 6.86. The van der Waals surface area contributed by atoms with Gasteiger partial charge in [-0.1, -0.05) is 0 Å². The summed E-state index contributed by atoms with van der Waals surface area (Å²) < 4.78 is 5.39. The Labute approximate surface area is 113 Å². The molecule has 2 aliphatic rings. The number of nitrogens with two attached hydrogens (primary N) is 1. The molecular formula is C13H23N3O3. The quantitative estimate of drug-likeness (QED) is 0.691. The van der Waals surface area contributed by atoms with Gasteiger partial charge in [-0.2, -0.15) is 0 Å². The third-order valence-electron chi connectivity index (χ3n) is 3.41. The number of rotatable bonds is 1. The molecule has 0 aromatic carbocycles. The predicted molar refractivity (Wildman–Crippen MR) is 69.9 cm³/mol. The predicted octanol–water partition coefficient (Wildman–Crippen LogP) is 0.267. The second-order valence-corrected chi connectivity index (χ2v) is 6.22. The van der Waals surface area contributed by atoms with Gasteiger partial charge in [0.2, 0.25) is 0 Å². The van der Waals surface area contributed by atoms with Crippen molar-refractivity contribution in [3.8, 4) is 0 Å². The lowest BCUT2D eigenvalue weighted by Gasteiger charge is -2.31. The van der Waals surface area contributed by atoms with Crippen molar-refractivity contribution in [2.24, 2.45) is 5.73 Å². The van der Waals surface area contributed by atoms with Gasteiger partial charge in [0.05, 0.1) is 6.04 Å². The third-order valence-corrected chi connectivity index (χ3v) is 3.41. The molecule has 0 bridgehead atoms. The minimum atomic E-state index is -0.540. The van der Waals surface area contributed by atoms with E-state index in [-0.39, 0.29) is 11.9 Å². The molecule has 0 radical (unpaired) electrons. The molecule has 0 unspecified atom stereocenters. The van der Waals surface area contributed by atoms with Gasteiger partial charge in [0.25, 0.3) is 5.91 Å². The maximum Gasteiger partial charge on any atom is 0.331 e. The molecule has 6 nitrogen and oxygen atoms in total. The highest BCUT2D eigenvalue weighted by atomic mass is 16.6. The number of carbonyl (C=O) groups is 2. The van der Waals surface area contributed by atoms with Gasteiger partial charge in [0.15, 0.2) is 0 Å². The van der Waals surface area contributed by atoms with E-state index in [4.69, 9.17) is 10.5 Å². The summed E-state index contributed by atoms with van der Waals surface area (Å²) in [5.41, 5.74) is 5.31. The number of carbonyl (C=O) groups excluding carboxylic acids is 2.